The van der Waals surface area contributed by atoms with Gasteiger partial charge in [0.05, 0.1) is 22.4 Å². The summed E-state index contributed by atoms with van der Waals surface area (Å²) >= 11 is 0. The molecule has 7 nitrogen and oxygen atoms in total. The normalized spacial score (nSPS) is 16.5. The van der Waals surface area contributed by atoms with Gasteiger partial charge < -0.3 is 9.64 Å². The molecule has 2 aliphatic rings. The monoisotopic (exact) mass is 420 g/mol. The summed E-state index contributed by atoms with van der Waals surface area (Å²) in [4.78, 5) is 53.3. The summed E-state index contributed by atoms with van der Waals surface area (Å²) in [6.07, 6.45) is 1.88. The highest BCUT2D eigenvalue weighted by Crippen LogP contribution is 2.31. The maximum absolute atomic E-state index is 12.9. The Kier molecular flexibility index (Phi) is 5.59. The molecule has 0 aliphatic carbocycles. The van der Waals surface area contributed by atoms with Crippen molar-refractivity contribution in [1.29, 1.82) is 0 Å². The van der Waals surface area contributed by atoms with E-state index in [-0.39, 0.29) is 29.2 Å². The second-order valence-corrected chi connectivity index (χ2v) is 8.13. The minimum atomic E-state index is -0.698. The number of imide groups is 1. The lowest BCUT2D eigenvalue weighted by Crippen LogP contribution is -2.40. The SMILES string of the molecule is Cc1ccccc1N1C(=O)c2ccc(C(=O)OCC(=O)N3CCC(C)CC3)cc2C1=O. The number of benzene rings is 2. The van der Waals surface area contributed by atoms with Crippen molar-refractivity contribution in [3.05, 3.63) is 64.7 Å². The molecule has 1 fully saturated rings. The summed E-state index contributed by atoms with van der Waals surface area (Å²) in [5.41, 5.74) is 1.83. The van der Waals surface area contributed by atoms with Crippen molar-refractivity contribution in [1.82, 2.24) is 4.90 Å². The summed E-state index contributed by atoms with van der Waals surface area (Å²) in [6.45, 7) is 4.97. The molecular formula is C24H24N2O5. The fourth-order valence-electron chi connectivity index (χ4n) is 3.96. The van der Waals surface area contributed by atoms with E-state index in [4.69, 9.17) is 4.74 Å². The molecule has 0 saturated carbocycles. The van der Waals surface area contributed by atoms with Gasteiger partial charge in [-0.3, -0.25) is 14.4 Å². The summed E-state index contributed by atoms with van der Waals surface area (Å²) in [6, 6.07) is 11.4. The third-order valence-electron chi connectivity index (χ3n) is 5.94. The number of ether oxygens (including phenoxy) is 1. The molecule has 0 bridgehead atoms. The average molecular weight is 420 g/mol. The molecule has 0 aromatic heterocycles. The molecule has 2 aromatic carbocycles. The lowest BCUT2D eigenvalue weighted by Gasteiger charge is -2.30. The van der Waals surface area contributed by atoms with Gasteiger partial charge in [0.1, 0.15) is 0 Å². The topological polar surface area (TPSA) is 84.0 Å². The molecule has 1 saturated heterocycles. The Hall–Kier alpha value is -3.48. The fourth-order valence-corrected chi connectivity index (χ4v) is 3.96. The van der Waals surface area contributed by atoms with Crippen LogP contribution in [0, 0.1) is 12.8 Å². The predicted molar refractivity (Wildman–Crippen MR) is 114 cm³/mol. The number of anilines is 1. The smallest absolute Gasteiger partial charge is 0.338 e. The quantitative estimate of drug-likeness (QED) is 0.560. The van der Waals surface area contributed by atoms with E-state index in [1.165, 1.54) is 18.2 Å². The van der Waals surface area contributed by atoms with Crippen LogP contribution in [0.25, 0.3) is 0 Å². The number of hydrogen-bond donors (Lipinski definition) is 0. The van der Waals surface area contributed by atoms with Gasteiger partial charge in [-0.15, -0.1) is 0 Å². The number of para-hydroxylation sites is 1. The Morgan fingerprint density at radius 2 is 1.68 bits per heavy atom. The van der Waals surface area contributed by atoms with Gasteiger partial charge in [-0.2, -0.15) is 0 Å². The molecule has 2 heterocycles. The fraction of sp³-hybridized carbons (Fsp3) is 0.333. The maximum Gasteiger partial charge on any atom is 0.338 e. The van der Waals surface area contributed by atoms with Crippen LogP contribution in [0.5, 0.6) is 0 Å². The highest BCUT2D eigenvalue weighted by atomic mass is 16.5. The molecule has 4 rings (SSSR count). The highest BCUT2D eigenvalue weighted by molar-refractivity contribution is 6.34. The summed E-state index contributed by atoms with van der Waals surface area (Å²) in [5.74, 6) is -1.24. The number of nitrogens with zero attached hydrogens (tertiary/aromatic N) is 2. The summed E-state index contributed by atoms with van der Waals surface area (Å²) in [5, 5.41) is 0. The number of esters is 1. The zero-order chi connectivity index (χ0) is 22.1. The molecule has 0 spiro atoms. The number of piperidine rings is 1. The van der Waals surface area contributed by atoms with Gasteiger partial charge in [0, 0.05) is 13.1 Å². The van der Waals surface area contributed by atoms with E-state index in [1.54, 1.807) is 17.0 Å². The first kappa shape index (κ1) is 20.8. The molecular weight excluding hydrogens is 396 g/mol. The Labute approximate surface area is 180 Å². The van der Waals surface area contributed by atoms with Crippen LogP contribution in [-0.4, -0.2) is 48.3 Å². The zero-order valence-corrected chi connectivity index (χ0v) is 17.6. The van der Waals surface area contributed by atoms with Gasteiger partial charge in [0.25, 0.3) is 17.7 Å². The third-order valence-corrected chi connectivity index (χ3v) is 5.94. The van der Waals surface area contributed by atoms with Gasteiger partial charge in [-0.1, -0.05) is 25.1 Å². The predicted octanol–water partition coefficient (Wildman–Crippen LogP) is 3.21. The van der Waals surface area contributed by atoms with Crippen LogP contribution in [0.1, 0.15) is 56.4 Å². The average Bonchev–Trinajstić information content (AvgIpc) is 3.02. The van der Waals surface area contributed by atoms with E-state index in [1.807, 2.05) is 19.1 Å². The highest BCUT2D eigenvalue weighted by Gasteiger charge is 2.37. The first-order valence-corrected chi connectivity index (χ1v) is 10.4. The Morgan fingerprint density at radius 1 is 1.00 bits per heavy atom. The van der Waals surface area contributed by atoms with Crippen LogP contribution < -0.4 is 4.90 Å². The first-order chi connectivity index (χ1) is 14.9. The van der Waals surface area contributed by atoms with Crippen molar-refractivity contribution < 1.29 is 23.9 Å². The van der Waals surface area contributed by atoms with Crippen molar-refractivity contribution in [2.45, 2.75) is 26.7 Å². The number of aryl methyl sites for hydroxylation is 1. The molecule has 0 unspecified atom stereocenters. The Balaban J connectivity index is 1.46. The minimum absolute atomic E-state index is 0.131. The second-order valence-electron chi connectivity index (χ2n) is 8.13. The van der Waals surface area contributed by atoms with Crippen molar-refractivity contribution in [2.24, 2.45) is 5.92 Å². The Morgan fingerprint density at radius 3 is 2.39 bits per heavy atom. The molecule has 2 aromatic rings. The third kappa shape index (κ3) is 3.95. The van der Waals surface area contributed by atoms with Gasteiger partial charge in [0.15, 0.2) is 6.61 Å². The van der Waals surface area contributed by atoms with Crippen molar-refractivity contribution in [3.8, 4) is 0 Å². The molecule has 3 amide bonds. The molecule has 0 N–H and O–H groups in total. The molecule has 31 heavy (non-hydrogen) atoms. The number of amides is 3. The first-order valence-electron chi connectivity index (χ1n) is 10.4. The maximum atomic E-state index is 12.9. The van der Waals surface area contributed by atoms with Gasteiger partial charge in [0.2, 0.25) is 0 Å². The van der Waals surface area contributed by atoms with E-state index in [0.29, 0.717) is 24.7 Å². The number of hydrogen-bond acceptors (Lipinski definition) is 5. The van der Waals surface area contributed by atoms with E-state index < -0.39 is 17.8 Å². The molecule has 2 aliphatic heterocycles. The van der Waals surface area contributed by atoms with E-state index >= 15 is 0 Å². The molecule has 0 atom stereocenters. The lowest BCUT2D eigenvalue weighted by atomic mass is 9.99. The van der Waals surface area contributed by atoms with E-state index in [2.05, 4.69) is 6.92 Å². The zero-order valence-electron chi connectivity index (χ0n) is 17.6. The van der Waals surface area contributed by atoms with Crippen LogP contribution in [-0.2, 0) is 9.53 Å². The number of carbonyl (C=O) groups excluding carboxylic acids is 4. The number of fused-ring (bicyclic) bond motifs is 1. The number of carbonyl (C=O) groups is 4. The number of rotatable bonds is 4. The van der Waals surface area contributed by atoms with E-state index in [0.717, 1.165) is 23.3 Å². The van der Waals surface area contributed by atoms with Crippen LogP contribution in [0.3, 0.4) is 0 Å². The van der Waals surface area contributed by atoms with Crippen LogP contribution in [0.4, 0.5) is 5.69 Å². The lowest BCUT2D eigenvalue weighted by molar-refractivity contribution is -0.135. The summed E-state index contributed by atoms with van der Waals surface area (Å²) in [7, 11) is 0. The standard InChI is InChI=1S/C24H24N2O5/c1-15-9-11-25(12-10-15)21(27)14-31-24(30)17-7-8-18-19(13-17)23(29)26(22(18)28)20-6-4-3-5-16(20)2/h3-8,13,15H,9-12,14H2,1-2H3. The van der Waals surface area contributed by atoms with Gasteiger partial charge >= 0.3 is 5.97 Å². The van der Waals surface area contributed by atoms with Gasteiger partial charge in [-0.25, -0.2) is 9.69 Å². The van der Waals surface area contributed by atoms with Crippen molar-refractivity contribution in [2.75, 3.05) is 24.6 Å². The Bertz CT molecular complexity index is 1070. The number of likely N-dealkylation sites (tertiary alicyclic amines) is 1. The van der Waals surface area contributed by atoms with Gasteiger partial charge in [-0.05, 0) is 55.5 Å². The molecule has 7 heteroatoms. The molecule has 160 valence electrons. The second kappa shape index (κ2) is 8.34. The van der Waals surface area contributed by atoms with Crippen molar-refractivity contribution in [3.63, 3.8) is 0 Å². The minimum Gasteiger partial charge on any atom is -0.452 e. The summed E-state index contributed by atoms with van der Waals surface area (Å²) < 4.78 is 5.18. The largest absolute Gasteiger partial charge is 0.452 e. The van der Waals surface area contributed by atoms with Crippen LogP contribution >= 0.6 is 0 Å². The molecule has 0 radical (unpaired) electrons. The van der Waals surface area contributed by atoms with Crippen molar-refractivity contribution >= 4 is 29.4 Å². The van der Waals surface area contributed by atoms with E-state index in [9.17, 15) is 19.2 Å². The van der Waals surface area contributed by atoms with Crippen LogP contribution in [0.15, 0.2) is 42.5 Å². The van der Waals surface area contributed by atoms with Crippen LogP contribution in [0.2, 0.25) is 0 Å².